The molecule has 0 fully saturated rings. The van der Waals surface area contributed by atoms with Crippen LogP contribution in [0.3, 0.4) is 0 Å². The van der Waals surface area contributed by atoms with Gasteiger partial charge in [0, 0.05) is 19.2 Å². The van der Waals surface area contributed by atoms with Gasteiger partial charge in [0.1, 0.15) is 18.6 Å². The number of aryl methyl sites for hydroxylation is 2. The summed E-state index contributed by atoms with van der Waals surface area (Å²) in [7, 11) is 0. The number of aliphatic hydroxyl groups is 1. The third kappa shape index (κ3) is 1.58. The highest BCUT2D eigenvalue weighted by Gasteiger charge is 2.16. The monoisotopic (exact) mass is 184 g/mol. The number of halogens is 1. The van der Waals surface area contributed by atoms with Gasteiger partial charge in [0.15, 0.2) is 0 Å². The van der Waals surface area contributed by atoms with Crippen molar-refractivity contribution in [1.82, 2.24) is 9.55 Å². The van der Waals surface area contributed by atoms with E-state index in [1.54, 1.807) is 6.20 Å². The molecule has 0 saturated heterocycles. The van der Waals surface area contributed by atoms with Crippen molar-refractivity contribution in [2.24, 2.45) is 0 Å². The van der Waals surface area contributed by atoms with Gasteiger partial charge in [0.2, 0.25) is 0 Å². The molecular weight excluding hydrogens is 171 g/mol. The molecule has 2 rings (SSSR count). The number of fused-ring (bicyclic) bond motifs is 1. The van der Waals surface area contributed by atoms with E-state index < -0.39 is 12.8 Å². The van der Waals surface area contributed by atoms with Crippen molar-refractivity contribution in [3.8, 4) is 0 Å². The van der Waals surface area contributed by atoms with Crippen molar-refractivity contribution in [3.63, 3.8) is 0 Å². The number of alkyl halides is 1. The van der Waals surface area contributed by atoms with Gasteiger partial charge in [-0.1, -0.05) is 0 Å². The maximum absolute atomic E-state index is 12.1. The molecule has 1 unspecified atom stereocenters. The second-order valence-corrected chi connectivity index (χ2v) is 3.40. The van der Waals surface area contributed by atoms with Crippen LogP contribution in [0, 0.1) is 0 Å². The summed E-state index contributed by atoms with van der Waals surface area (Å²) < 4.78 is 14.1. The fourth-order valence-electron chi connectivity index (χ4n) is 1.67. The lowest BCUT2D eigenvalue weighted by molar-refractivity contribution is 0.138. The minimum atomic E-state index is -1.04. The highest BCUT2D eigenvalue weighted by Crippen LogP contribution is 2.18. The second kappa shape index (κ2) is 3.46. The van der Waals surface area contributed by atoms with Gasteiger partial charge in [-0.3, -0.25) is 0 Å². The van der Waals surface area contributed by atoms with Crippen LogP contribution in [0.2, 0.25) is 0 Å². The van der Waals surface area contributed by atoms with E-state index in [0.29, 0.717) is 5.69 Å². The topological polar surface area (TPSA) is 38.0 Å². The normalized spacial score (nSPS) is 18.3. The summed E-state index contributed by atoms with van der Waals surface area (Å²) in [5.74, 6) is 0.980. The van der Waals surface area contributed by atoms with E-state index in [9.17, 15) is 9.50 Å². The zero-order valence-electron chi connectivity index (χ0n) is 7.41. The van der Waals surface area contributed by atoms with Crippen LogP contribution in [-0.2, 0) is 13.0 Å². The van der Waals surface area contributed by atoms with Crippen LogP contribution in [0.4, 0.5) is 4.39 Å². The fourth-order valence-corrected chi connectivity index (χ4v) is 1.67. The average Bonchev–Trinajstić information content (AvgIpc) is 2.59. The van der Waals surface area contributed by atoms with Crippen LogP contribution in [0.15, 0.2) is 6.20 Å². The first kappa shape index (κ1) is 8.69. The van der Waals surface area contributed by atoms with Gasteiger partial charge in [0.05, 0.1) is 5.69 Å². The average molecular weight is 184 g/mol. The van der Waals surface area contributed by atoms with Crippen LogP contribution >= 0.6 is 0 Å². The zero-order chi connectivity index (χ0) is 9.26. The van der Waals surface area contributed by atoms with Gasteiger partial charge in [-0.2, -0.15) is 0 Å². The minimum absolute atomic E-state index is 0.472. The lowest BCUT2D eigenvalue weighted by Gasteiger charge is -2.11. The summed E-state index contributed by atoms with van der Waals surface area (Å²) >= 11 is 0. The van der Waals surface area contributed by atoms with Crippen molar-refractivity contribution in [3.05, 3.63) is 17.7 Å². The molecule has 4 heteroatoms. The molecule has 1 aromatic rings. The standard InChI is InChI=1S/C9H13FN2O/c10-5-8(13)7-6-12-4-2-1-3-9(12)11-7/h6,8,13H,1-5H2. The van der Waals surface area contributed by atoms with Crippen molar-refractivity contribution >= 4 is 0 Å². The Kier molecular flexibility index (Phi) is 2.31. The Labute approximate surface area is 76.2 Å². The fraction of sp³-hybridized carbons (Fsp3) is 0.667. The van der Waals surface area contributed by atoms with E-state index in [1.165, 1.54) is 0 Å². The van der Waals surface area contributed by atoms with Crippen LogP contribution in [0.5, 0.6) is 0 Å². The van der Waals surface area contributed by atoms with Gasteiger partial charge in [-0.25, -0.2) is 9.37 Å². The molecule has 0 amide bonds. The van der Waals surface area contributed by atoms with Crippen molar-refractivity contribution in [2.45, 2.75) is 31.9 Å². The number of hydrogen-bond acceptors (Lipinski definition) is 2. The van der Waals surface area contributed by atoms with E-state index in [-0.39, 0.29) is 0 Å². The Balaban J connectivity index is 2.25. The van der Waals surface area contributed by atoms with E-state index in [0.717, 1.165) is 31.6 Å². The largest absolute Gasteiger partial charge is 0.384 e. The quantitative estimate of drug-likeness (QED) is 0.750. The summed E-state index contributed by atoms with van der Waals surface area (Å²) in [6.45, 7) is 0.192. The Morgan fingerprint density at radius 1 is 1.62 bits per heavy atom. The van der Waals surface area contributed by atoms with Crippen molar-refractivity contribution in [1.29, 1.82) is 0 Å². The first-order valence-corrected chi connectivity index (χ1v) is 4.61. The summed E-state index contributed by atoms with van der Waals surface area (Å²) in [5, 5.41) is 9.23. The molecule has 3 nitrogen and oxygen atoms in total. The summed E-state index contributed by atoms with van der Waals surface area (Å²) in [4.78, 5) is 4.19. The molecule has 0 aromatic carbocycles. The Bertz CT molecular complexity index is 274. The van der Waals surface area contributed by atoms with Crippen molar-refractivity contribution < 1.29 is 9.50 Å². The molecule has 1 atom stereocenters. The van der Waals surface area contributed by atoms with Gasteiger partial charge in [-0.05, 0) is 12.8 Å². The number of hydrogen-bond donors (Lipinski definition) is 1. The van der Waals surface area contributed by atoms with E-state index in [2.05, 4.69) is 4.98 Å². The van der Waals surface area contributed by atoms with Crippen molar-refractivity contribution in [2.75, 3.05) is 6.67 Å². The second-order valence-electron chi connectivity index (χ2n) is 3.40. The number of aliphatic hydroxyl groups excluding tert-OH is 1. The minimum Gasteiger partial charge on any atom is -0.384 e. The molecule has 72 valence electrons. The van der Waals surface area contributed by atoms with Crippen LogP contribution in [0.25, 0.3) is 0 Å². The maximum Gasteiger partial charge on any atom is 0.126 e. The lowest BCUT2D eigenvalue weighted by atomic mass is 10.2. The van der Waals surface area contributed by atoms with Gasteiger partial charge in [0.25, 0.3) is 0 Å². The molecule has 0 bridgehead atoms. The van der Waals surface area contributed by atoms with Gasteiger partial charge in [-0.15, -0.1) is 0 Å². The lowest BCUT2D eigenvalue weighted by Crippen LogP contribution is -2.08. The molecule has 13 heavy (non-hydrogen) atoms. The summed E-state index contributed by atoms with van der Waals surface area (Å²) in [6, 6.07) is 0. The summed E-state index contributed by atoms with van der Waals surface area (Å²) in [5.41, 5.74) is 0.472. The Hall–Kier alpha value is -0.900. The molecule has 2 heterocycles. The van der Waals surface area contributed by atoms with Gasteiger partial charge < -0.3 is 9.67 Å². The molecule has 0 aliphatic carbocycles. The third-order valence-electron chi connectivity index (χ3n) is 2.41. The first-order valence-electron chi connectivity index (χ1n) is 4.61. The van der Waals surface area contributed by atoms with Crippen LogP contribution in [0.1, 0.15) is 30.5 Å². The molecule has 0 radical (unpaired) electrons. The predicted molar refractivity (Wildman–Crippen MR) is 46.1 cm³/mol. The number of imidazole rings is 1. The maximum atomic E-state index is 12.1. The number of nitrogens with zero attached hydrogens (tertiary/aromatic N) is 2. The number of aromatic nitrogens is 2. The highest BCUT2D eigenvalue weighted by atomic mass is 19.1. The van der Waals surface area contributed by atoms with E-state index >= 15 is 0 Å². The van der Waals surface area contributed by atoms with E-state index in [1.807, 2.05) is 4.57 Å². The molecule has 1 aliphatic heterocycles. The first-order chi connectivity index (χ1) is 6.31. The zero-order valence-corrected chi connectivity index (χ0v) is 7.41. The predicted octanol–water partition coefficient (Wildman–Crippen LogP) is 1.22. The summed E-state index contributed by atoms with van der Waals surface area (Å²) in [6.07, 6.45) is 3.95. The molecule has 0 spiro atoms. The molecular formula is C9H13FN2O. The smallest absolute Gasteiger partial charge is 0.126 e. The van der Waals surface area contributed by atoms with Crippen LogP contribution < -0.4 is 0 Å². The molecule has 1 aliphatic rings. The molecule has 0 saturated carbocycles. The van der Waals surface area contributed by atoms with Gasteiger partial charge >= 0.3 is 0 Å². The Morgan fingerprint density at radius 3 is 3.15 bits per heavy atom. The highest BCUT2D eigenvalue weighted by molar-refractivity contribution is 5.08. The third-order valence-corrected chi connectivity index (χ3v) is 2.41. The Morgan fingerprint density at radius 2 is 2.46 bits per heavy atom. The molecule has 1 aromatic heterocycles. The molecule has 1 N–H and O–H groups in total. The number of rotatable bonds is 2. The van der Waals surface area contributed by atoms with Crippen LogP contribution in [-0.4, -0.2) is 21.3 Å². The van der Waals surface area contributed by atoms with E-state index in [4.69, 9.17) is 0 Å². The SMILES string of the molecule is OC(CF)c1cn2c(n1)CCCC2.